The molecule has 15 heavy (non-hydrogen) atoms. The lowest BCUT2D eigenvalue weighted by Gasteiger charge is -2.06. The van der Waals surface area contributed by atoms with E-state index in [1.807, 2.05) is 7.05 Å². The van der Waals surface area contributed by atoms with Crippen LogP contribution >= 0.6 is 15.9 Å². The number of ether oxygens (including phenoxy) is 1. The Balaban J connectivity index is 2.29. The van der Waals surface area contributed by atoms with Crippen molar-refractivity contribution in [2.75, 3.05) is 0 Å². The van der Waals surface area contributed by atoms with Gasteiger partial charge < -0.3 is 9.30 Å². The average molecular weight is 271 g/mol. The largest absolute Gasteiger partial charge is 0.424 e. The average Bonchev–Trinajstić information content (AvgIpc) is 2.57. The molecular formula is C10H8BrFN2O. The predicted octanol–water partition coefficient (Wildman–Crippen LogP) is 3.11. The zero-order valence-corrected chi connectivity index (χ0v) is 9.53. The molecule has 0 aliphatic heterocycles. The van der Waals surface area contributed by atoms with Gasteiger partial charge in [-0.2, -0.15) is 0 Å². The van der Waals surface area contributed by atoms with Crippen LogP contribution in [0.1, 0.15) is 0 Å². The molecule has 0 radical (unpaired) electrons. The summed E-state index contributed by atoms with van der Waals surface area (Å²) in [6.45, 7) is 0. The standard InChI is InChI=1S/C10H8BrFN2O/c1-14-5-4-13-10(14)15-9-3-2-7(12)6-8(9)11/h2-6H,1H3. The van der Waals surface area contributed by atoms with E-state index >= 15 is 0 Å². The normalized spacial score (nSPS) is 10.3. The van der Waals surface area contributed by atoms with Crippen molar-refractivity contribution in [3.8, 4) is 11.8 Å². The summed E-state index contributed by atoms with van der Waals surface area (Å²) in [5.41, 5.74) is 0. The predicted molar refractivity (Wildman–Crippen MR) is 57.4 cm³/mol. The first-order valence-corrected chi connectivity index (χ1v) is 5.06. The number of imidazole rings is 1. The number of halogens is 2. The highest BCUT2D eigenvalue weighted by atomic mass is 79.9. The molecule has 1 aromatic heterocycles. The molecular weight excluding hydrogens is 263 g/mol. The minimum Gasteiger partial charge on any atom is -0.424 e. The minimum absolute atomic E-state index is 0.311. The number of aryl methyl sites for hydroxylation is 1. The molecule has 1 heterocycles. The monoisotopic (exact) mass is 270 g/mol. The molecule has 0 amide bonds. The molecule has 0 atom stereocenters. The van der Waals surface area contributed by atoms with Gasteiger partial charge in [0.1, 0.15) is 11.6 Å². The van der Waals surface area contributed by atoms with Gasteiger partial charge in [-0.3, -0.25) is 0 Å². The molecule has 0 unspecified atom stereocenters. The van der Waals surface area contributed by atoms with Gasteiger partial charge in [-0.15, -0.1) is 0 Å². The van der Waals surface area contributed by atoms with Gasteiger partial charge >= 0.3 is 6.01 Å². The Labute approximate surface area is 94.6 Å². The minimum atomic E-state index is -0.311. The van der Waals surface area contributed by atoms with E-state index in [-0.39, 0.29) is 5.82 Å². The maximum absolute atomic E-state index is 12.8. The van der Waals surface area contributed by atoms with Crippen molar-refractivity contribution in [1.29, 1.82) is 0 Å². The molecule has 2 aromatic rings. The molecule has 0 N–H and O–H groups in total. The highest BCUT2D eigenvalue weighted by Crippen LogP contribution is 2.28. The van der Waals surface area contributed by atoms with Crippen LogP contribution < -0.4 is 4.74 Å². The fourth-order valence-electron chi connectivity index (χ4n) is 1.11. The van der Waals surface area contributed by atoms with Crippen LogP contribution in [0, 0.1) is 5.82 Å². The van der Waals surface area contributed by atoms with Gasteiger partial charge in [-0.25, -0.2) is 9.37 Å². The summed E-state index contributed by atoms with van der Waals surface area (Å²) in [4.78, 5) is 4.00. The molecule has 3 nitrogen and oxygen atoms in total. The Hall–Kier alpha value is -1.36. The number of hydrogen-bond donors (Lipinski definition) is 0. The Morgan fingerprint density at radius 1 is 1.47 bits per heavy atom. The quantitative estimate of drug-likeness (QED) is 0.839. The van der Waals surface area contributed by atoms with Gasteiger partial charge in [0.05, 0.1) is 4.47 Å². The molecule has 0 aliphatic rings. The topological polar surface area (TPSA) is 27.1 Å². The number of nitrogens with zero attached hydrogens (tertiary/aromatic N) is 2. The fraction of sp³-hybridized carbons (Fsp3) is 0.100. The molecule has 1 aromatic carbocycles. The maximum Gasteiger partial charge on any atom is 0.301 e. The van der Waals surface area contributed by atoms with Crippen LogP contribution in [0.15, 0.2) is 35.1 Å². The van der Waals surface area contributed by atoms with Gasteiger partial charge in [0.15, 0.2) is 0 Å². The first-order chi connectivity index (χ1) is 7.16. The van der Waals surface area contributed by atoms with Gasteiger partial charge in [-0.05, 0) is 34.1 Å². The van der Waals surface area contributed by atoms with E-state index in [2.05, 4.69) is 20.9 Å². The molecule has 0 bridgehead atoms. The summed E-state index contributed by atoms with van der Waals surface area (Å²) in [5, 5.41) is 0. The van der Waals surface area contributed by atoms with E-state index in [1.165, 1.54) is 12.1 Å². The van der Waals surface area contributed by atoms with Crippen molar-refractivity contribution < 1.29 is 9.13 Å². The third-order valence-corrected chi connectivity index (χ3v) is 2.49. The zero-order valence-electron chi connectivity index (χ0n) is 7.95. The van der Waals surface area contributed by atoms with Crippen molar-refractivity contribution in [1.82, 2.24) is 9.55 Å². The molecule has 0 spiro atoms. The van der Waals surface area contributed by atoms with Crippen LogP contribution in [0.3, 0.4) is 0 Å². The van der Waals surface area contributed by atoms with Crippen molar-refractivity contribution in [2.45, 2.75) is 0 Å². The van der Waals surface area contributed by atoms with Gasteiger partial charge in [0.2, 0.25) is 0 Å². The highest BCUT2D eigenvalue weighted by molar-refractivity contribution is 9.10. The van der Waals surface area contributed by atoms with Crippen LogP contribution in [0.5, 0.6) is 11.8 Å². The summed E-state index contributed by atoms with van der Waals surface area (Å²) >= 11 is 3.22. The molecule has 0 aliphatic carbocycles. The first-order valence-electron chi connectivity index (χ1n) is 4.27. The Kier molecular flexibility index (Phi) is 2.73. The summed E-state index contributed by atoms with van der Waals surface area (Å²) < 4.78 is 20.6. The van der Waals surface area contributed by atoms with Crippen molar-refractivity contribution in [3.05, 3.63) is 40.9 Å². The van der Waals surface area contributed by atoms with Gasteiger partial charge in [0, 0.05) is 19.4 Å². The summed E-state index contributed by atoms with van der Waals surface area (Å²) in [7, 11) is 1.82. The molecule has 5 heteroatoms. The number of rotatable bonds is 2. The van der Waals surface area contributed by atoms with Crippen LogP contribution in [0.2, 0.25) is 0 Å². The molecule has 78 valence electrons. The zero-order chi connectivity index (χ0) is 10.8. The van der Waals surface area contributed by atoms with Crippen LogP contribution in [-0.4, -0.2) is 9.55 Å². The lowest BCUT2D eigenvalue weighted by atomic mass is 10.3. The second-order valence-corrected chi connectivity index (χ2v) is 3.85. The fourth-order valence-corrected chi connectivity index (χ4v) is 1.54. The van der Waals surface area contributed by atoms with Crippen molar-refractivity contribution in [2.24, 2.45) is 7.05 Å². The SMILES string of the molecule is Cn1ccnc1Oc1ccc(F)cc1Br. The van der Waals surface area contributed by atoms with Crippen molar-refractivity contribution >= 4 is 15.9 Å². The summed E-state index contributed by atoms with van der Waals surface area (Å²) in [5.74, 6) is 0.222. The smallest absolute Gasteiger partial charge is 0.301 e. The van der Waals surface area contributed by atoms with Gasteiger partial charge in [0.25, 0.3) is 0 Å². The Morgan fingerprint density at radius 3 is 2.87 bits per heavy atom. The summed E-state index contributed by atoms with van der Waals surface area (Å²) in [6, 6.07) is 4.69. The second kappa shape index (κ2) is 4.02. The molecule has 0 saturated heterocycles. The molecule has 0 fully saturated rings. The summed E-state index contributed by atoms with van der Waals surface area (Å²) in [6.07, 6.45) is 3.40. The van der Waals surface area contributed by atoms with E-state index in [4.69, 9.17) is 4.74 Å². The Morgan fingerprint density at radius 2 is 2.27 bits per heavy atom. The van der Waals surface area contributed by atoms with E-state index in [1.54, 1.807) is 23.0 Å². The highest BCUT2D eigenvalue weighted by Gasteiger charge is 2.06. The third-order valence-electron chi connectivity index (χ3n) is 1.87. The third kappa shape index (κ3) is 2.18. The maximum atomic E-state index is 12.8. The van der Waals surface area contributed by atoms with E-state index < -0.39 is 0 Å². The lowest BCUT2D eigenvalue weighted by Crippen LogP contribution is -1.94. The van der Waals surface area contributed by atoms with Crippen LogP contribution in [0.25, 0.3) is 0 Å². The lowest BCUT2D eigenvalue weighted by molar-refractivity contribution is 0.421. The second-order valence-electron chi connectivity index (χ2n) is 3.00. The van der Waals surface area contributed by atoms with Crippen LogP contribution in [-0.2, 0) is 7.05 Å². The number of hydrogen-bond acceptors (Lipinski definition) is 2. The molecule has 2 rings (SSSR count). The van der Waals surface area contributed by atoms with Crippen molar-refractivity contribution in [3.63, 3.8) is 0 Å². The number of benzene rings is 1. The van der Waals surface area contributed by atoms with E-state index in [9.17, 15) is 4.39 Å². The van der Waals surface area contributed by atoms with E-state index in [0.29, 0.717) is 16.2 Å². The van der Waals surface area contributed by atoms with Crippen LogP contribution in [0.4, 0.5) is 4.39 Å². The Bertz CT molecular complexity index is 484. The first kappa shape index (κ1) is 10.2. The number of aromatic nitrogens is 2. The van der Waals surface area contributed by atoms with E-state index in [0.717, 1.165) is 0 Å². The molecule has 0 saturated carbocycles. The van der Waals surface area contributed by atoms with Gasteiger partial charge in [-0.1, -0.05) is 0 Å².